The van der Waals surface area contributed by atoms with Crippen molar-refractivity contribution in [1.29, 1.82) is 0 Å². The first-order valence-corrected chi connectivity index (χ1v) is 4.29. The van der Waals surface area contributed by atoms with E-state index >= 15 is 0 Å². The summed E-state index contributed by atoms with van der Waals surface area (Å²) < 4.78 is 0. The molecular formula is C11H17OZn-. The van der Waals surface area contributed by atoms with Gasteiger partial charge in [-0.15, -0.1) is 12.1 Å². The first-order valence-electron chi connectivity index (χ1n) is 4.29. The van der Waals surface area contributed by atoms with Crippen LogP contribution in [0.25, 0.3) is 0 Å². The van der Waals surface area contributed by atoms with Gasteiger partial charge < -0.3 is 5.11 Å². The standard InChI is InChI=1S/C7H7.C4H10O.Zn/c1-7-5-3-2-4-6-7;1-2-3-4-5;/h2-6H,1H2;5H,2-4H2,1H3;/q-1;;. The van der Waals surface area contributed by atoms with Gasteiger partial charge in [-0.1, -0.05) is 19.4 Å². The molecule has 1 N–H and O–H groups in total. The van der Waals surface area contributed by atoms with Gasteiger partial charge in [-0.3, -0.25) is 0 Å². The molecule has 70 valence electrons. The summed E-state index contributed by atoms with van der Waals surface area (Å²) in [4.78, 5) is 0. The SMILES string of the molecule is CCCCO.[CH2-]c1ccccc1.[Zn]. The fourth-order valence-corrected chi connectivity index (χ4v) is 0.636. The van der Waals surface area contributed by atoms with E-state index in [-0.39, 0.29) is 19.5 Å². The Labute approximate surface area is 93.9 Å². The fourth-order valence-electron chi connectivity index (χ4n) is 0.636. The second kappa shape index (κ2) is 11.7. The Balaban J connectivity index is 0. The summed E-state index contributed by atoms with van der Waals surface area (Å²) in [5, 5.41) is 8.07. The van der Waals surface area contributed by atoms with E-state index in [4.69, 9.17) is 5.11 Å². The van der Waals surface area contributed by atoms with Crippen LogP contribution in [-0.4, -0.2) is 11.7 Å². The molecule has 0 heterocycles. The van der Waals surface area contributed by atoms with Gasteiger partial charge in [-0.25, -0.2) is 0 Å². The normalized spacial score (nSPS) is 7.85. The largest absolute Gasteiger partial charge is 0.396 e. The van der Waals surface area contributed by atoms with Gasteiger partial charge in [0.25, 0.3) is 0 Å². The van der Waals surface area contributed by atoms with Gasteiger partial charge in [-0.2, -0.15) is 24.6 Å². The van der Waals surface area contributed by atoms with E-state index in [0.29, 0.717) is 6.61 Å². The van der Waals surface area contributed by atoms with Gasteiger partial charge in [0, 0.05) is 26.1 Å². The van der Waals surface area contributed by atoms with E-state index < -0.39 is 0 Å². The van der Waals surface area contributed by atoms with Gasteiger partial charge in [0.1, 0.15) is 0 Å². The third-order valence-corrected chi connectivity index (χ3v) is 1.35. The second-order valence-electron chi connectivity index (χ2n) is 2.56. The summed E-state index contributed by atoms with van der Waals surface area (Å²) in [6, 6.07) is 9.87. The second-order valence-corrected chi connectivity index (χ2v) is 2.56. The van der Waals surface area contributed by atoms with Crippen LogP contribution in [0.3, 0.4) is 0 Å². The molecule has 0 aliphatic rings. The third kappa shape index (κ3) is 11.7. The Morgan fingerprint density at radius 3 is 1.92 bits per heavy atom. The van der Waals surface area contributed by atoms with Crippen LogP contribution in [0.5, 0.6) is 0 Å². The van der Waals surface area contributed by atoms with E-state index in [1.807, 2.05) is 30.3 Å². The molecule has 0 saturated carbocycles. The number of rotatable bonds is 2. The van der Waals surface area contributed by atoms with Crippen molar-refractivity contribution in [2.45, 2.75) is 19.8 Å². The van der Waals surface area contributed by atoms with Gasteiger partial charge >= 0.3 is 0 Å². The van der Waals surface area contributed by atoms with E-state index in [0.717, 1.165) is 18.4 Å². The Morgan fingerprint density at radius 2 is 1.77 bits per heavy atom. The van der Waals surface area contributed by atoms with E-state index in [2.05, 4.69) is 13.8 Å². The zero-order valence-corrected chi connectivity index (χ0v) is 11.3. The maximum Gasteiger partial charge on any atom is 0.0430 e. The number of hydrogen-bond acceptors (Lipinski definition) is 1. The Bertz CT molecular complexity index is 173. The molecule has 1 rings (SSSR count). The third-order valence-electron chi connectivity index (χ3n) is 1.35. The molecule has 0 bridgehead atoms. The van der Waals surface area contributed by atoms with Crippen LogP contribution in [0, 0.1) is 6.92 Å². The van der Waals surface area contributed by atoms with Crippen molar-refractivity contribution in [1.82, 2.24) is 0 Å². The number of aliphatic hydroxyl groups is 1. The molecule has 0 aliphatic heterocycles. The maximum absolute atomic E-state index is 8.07. The summed E-state index contributed by atoms with van der Waals surface area (Å²) >= 11 is 0. The van der Waals surface area contributed by atoms with E-state index in [1.54, 1.807) is 0 Å². The van der Waals surface area contributed by atoms with Crippen LogP contribution in [-0.2, 0) is 19.5 Å². The molecule has 0 spiro atoms. The molecule has 1 aromatic rings. The molecule has 0 unspecified atom stereocenters. The molecule has 0 atom stereocenters. The molecule has 2 heteroatoms. The topological polar surface area (TPSA) is 20.2 Å². The zero-order valence-electron chi connectivity index (χ0n) is 8.37. The summed E-state index contributed by atoms with van der Waals surface area (Å²) in [6.07, 6.45) is 2.04. The molecule has 13 heavy (non-hydrogen) atoms. The average Bonchev–Trinajstić information content (AvgIpc) is 2.08. The van der Waals surface area contributed by atoms with Crippen molar-refractivity contribution in [2.24, 2.45) is 0 Å². The molecular weight excluding hydrogens is 214 g/mol. The van der Waals surface area contributed by atoms with Crippen LogP contribution in [0.15, 0.2) is 30.3 Å². The van der Waals surface area contributed by atoms with Crippen molar-refractivity contribution in [2.75, 3.05) is 6.61 Å². The summed E-state index contributed by atoms with van der Waals surface area (Å²) in [5.41, 5.74) is 1.07. The van der Waals surface area contributed by atoms with Crippen LogP contribution in [0.2, 0.25) is 0 Å². The van der Waals surface area contributed by atoms with E-state index in [9.17, 15) is 0 Å². The van der Waals surface area contributed by atoms with Crippen LogP contribution in [0.1, 0.15) is 25.3 Å². The predicted octanol–water partition coefficient (Wildman–Crippen LogP) is 2.65. The first kappa shape index (κ1) is 15.2. The quantitative estimate of drug-likeness (QED) is 0.612. The molecule has 0 aliphatic carbocycles. The number of unbranched alkanes of at least 4 members (excludes halogenated alkanes) is 1. The minimum atomic E-state index is 0. The van der Waals surface area contributed by atoms with Crippen LogP contribution in [0.4, 0.5) is 0 Å². The van der Waals surface area contributed by atoms with Crippen molar-refractivity contribution in [3.63, 3.8) is 0 Å². The van der Waals surface area contributed by atoms with Crippen molar-refractivity contribution < 1.29 is 24.6 Å². The van der Waals surface area contributed by atoms with Crippen molar-refractivity contribution in [3.8, 4) is 0 Å². The first-order chi connectivity index (χ1) is 5.81. The number of hydrogen-bond donors (Lipinski definition) is 1. The molecule has 0 fully saturated rings. The minimum absolute atomic E-state index is 0. The summed E-state index contributed by atoms with van der Waals surface area (Å²) in [6.45, 7) is 6.12. The van der Waals surface area contributed by atoms with Crippen molar-refractivity contribution in [3.05, 3.63) is 42.8 Å². The van der Waals surface area contributed by atoms with Crippen LogP contribution < -0.4 is 0 Å². The smallest absolute Gasteiger partial charge is 0.0430 e. The van der Waals surface area contributed by atoms with E-state index in [1.165, 1.54) is 0 Å². The molecule has 0 aromatic heterocycles. The monoisotopic (exact) mass is 229 g/mol. The summed E-state index contributed by atoms with van der Waals surface area (Å²) in [5.74, 6) is 0. The van der Waals surface area contributed by atoms with Gasteiger partial charge in [0.05, 0.1) is 0 Å². The molecule has 0 saturated heterocycles. The molecule has 0 radical (unpaired) electrons. The Kier molecular flexibility index (Phi) is 13.6. The predicted molar refractivity (Wildman–Crippen MR) is 52.9 cm³/mol. The molecule has 1 nitrogen and oxygen atoms in total. The number of benzene rings is 1. The number of aliphatic hydroxyl groups excluding tert-OH is 1. The molecule has 0 amide bonds. The van der Waals surface area contributed by atoms with Gasteiger partial charge in [0.15, 0.2) is 0 Å². The Morgan fingerprint density at radius 1 is 1.23 bits per heavy atom. The fraction of sp³-hybridized carbons (Fsp3) is 0.364. The maximum atomic E-state index is 8.07. The zero-order chi connectivity index (χ0) is 9.23. The van der Waals surface area contributed by atoms with Crippen molar-refractivity contribution >= 4 is 0 Å². The molecule has 1 aromatic carbocycles. The van der Waals surface area contributed by atoms with Crippen LogP contribution >= 0.6 is 0 Å². The van der Waals surface area contributed by atoms with Gasteiger partial charge in [0.2, 0.25) is 0 Å². The Hall–Kier alpha value is -0.327. The summed E-state index contributed by atoms with van der Waals surface area (Å²) in [7, 11) is 0. The average molecular weight is 231 g/mol. The van der Waals surface area contributed by atoms with Gasteiger partial charge in [-0.05, 0) is 6.42 Å². The minimum Gasteiger partial charge on any atom is -0.396 e.